The van der Waals surface area contributed by atoms with Crippen molar-refractivity contribution < 1.29 is 18.0 Å². The van der Waals surface area contributed by atoms with E-state index >= 15 is 0 Å². The van der Waals surface area contributed by atoms with Crippen molar-refractivity contribution in [2.75, 3.05) is 19.6 Å². The average Bonchev–Trinajstić information content (AvgIpc) is 3.39. The van der Waals surface area contributed by atoms with Gasteiger partial charge >= 0.3 is 12.2 Å². The summed E-state index contributed by atoms with van der Waals surface area (Å²) in [5.74, 6) is 0.807. The lowest BCUT2D eigenvalue weighted by atomic mass is 9.91. The molecule has 4 heterocycles. The van der Waals surface area contributed by atoms with Gasteiger partial charge in [-0.15, -0.1) is 12.4 Å². The Morgan fingerprint density at radius 2 is 2.03 bits per heavy atom. The monoisotopic (exact) mass is 444 g/mol. The normalized spacial score (nSPS) is 19.4. The lowest BCUT2D eigenvalue weighted by molar-refractivity contribution is -0.123. The van der Waals surface area contributed by atoms with E-state index in [1.54, 1.807) is 12.4 Å². The van der Waals surface area contributed by atoms with Crippen LogP contribution >= 0.6 is 12.4 Å². The maximum absolute atomic E-state index is 12.5. The number of alkyl halides is 3. The highest BCUT2D eigenvalue weighted by Gasteiger charge is 2.38. The molecule has 0 saturated carbocycles. The third-order valence-corrected chi connectivity index (χ3v) is 5.68. The van der Waals surface area contributed by atoms with Crippen molar-refractivity contribution in [1.82, 2.24) is 29.2 Å². The Bertz CT molecular complexity index is 1000. The molecule has 0 unspecified atom stereocenters. The molecule has 2 amide bonds. The maximum atomic E-state index is 12.5. The van der Waals surface area contributed by atoms with Gasteiger partial charge in [-0.3, -0.25) is 4.40 Å². The maximum Gasteiger partial charge on any atom is 0.405 e. The minimum atomic E-state index is -4.42. The molecular formula is C19H24ClF3N6O. The summed E-state index contributed by atoms with van der Waals surface area (Å²) in [5.41, 5.74) is 2.84. The van der Waals surface area contributed by atoms with E-state index in [0.717, 1.165) is 30.0 Å². The van der Waals surface area contributed by atoms with Crippen LogP contribution in [0.15, 0.2) is 24.7 Å². The van der Waals surface area contributed by atoms with Crippen molar-refractivity contribution in [1.29, 1.82) is 0 Å². The topological polar surface area (TPSA) is 67.5 Å². The SMILES string of the molecule is CC[C@@H]1CN(C(=O)NCC(F)(F)F)C[C@@H]1c1cn(CC)c2cnc3nccc-3n12.Cl. The number of halogens is 4. The Kier molecular flexibility index (Phi) is 6.16. The summed E-state index contributed by atoms with van der Waals surface area (Å²) in [6.45, 7) is 4.32. The van der Waals surface area contributed by atoms with Crippen molar-refractivity contribution in [3.8, 4) is 11.5 Å². The Hall–Kier alpha value is -2.49. The van der Waals surface area contributed by atoms with Crippen molar-refractivity contribution in [2.45, 2.75) is 38.9 Å². The summed E-state index contributed by atoms with van der Waals surface area (Å²) in [7, 11) is 0. The van der Waals surface area contributed by atoms with Crippen LogP contribution in [-0.4, -0.2) is 55.7 Å². The predicted molar refractivity (Wildman–Crippen MR) is 108 cm³/mol. The van der Waals surface area contributed by atoms with Gasteiger partial charge in [-0.05, 0) is 18.9 Å². The van der Waals surface area contributed by atoms with Gasteiger partial charge in [0.2, 0.25) is 0 Å². The molecule has 0 aromatic carbocycles. The number of hydrogen-bond acceptors (Lipinski definition) is 3. The highest BCUT2D eigenvalue weighted by Crippen LogP contribution is 2.37. The van der Waals surface area contributed by atoms with Gasteiger partial charge in [-0.1, -0.05) is 13.3 Å². The van der Waals surface area contributed by atoms with Crippen LogP contribution in [0, 0.1) is 5.92 Å². The van der Waals surface area contributed by atoms with Gasteiger partial charge < -0.3 is 14.8 Å². The first-order valence-corrected chi connectivity index (χ1v) is 9.73. The van der Waals surface area contributed by atoms with Gasteiger partial charge in [0, 0.05) is 43.6 Å². The number of nitrogens with one attached hydrogen (secondary N) is 1. The van der Waals surface area contributed by atoms with E-state index in [9.17, 15) is 18.0 Å². The van der Waals surface area contributed by atoms with E-state index in [1.165, 1.54) is 4.90 Å². The van der Waals surface area contributed by atoms with Crippen LogP contribution in [0.4, 0.5) is 18.0 Å². The van der Waals surface area contributed by atoms with Gasteiger partial charge in [0.05, 0.1) is 11.9 Å². The van der Waals surface area contributed by atoms with E-state index in [4.69, 9.17) is 0 Å². The number of aromatic nitrogens is 4. The summed E-state index contributed by atoms with van der Waals surface area (Å²) >= 11 is 0. The quantitative estimate of drug-likeness (QED) is 0.666. The van der Waals surface area contributed by atoms with Gasteiger partial charge in [-0.2, -0.15) is 13.2 Å². The van der Waals surface area contributed by atoms with Crippen molar-refractivity contribution in [3.05, 3.63) is 30.4 Å². The highest BCUT2D eigenvalue weighted by atomic mass is 35.5. The van der Waals surface area contributed by atoms with Gasteiger partial charge in [-0.25, -0.2) is 14.8 Å². The minimum absolute atomic E-state index is 0. The Morgan fingerprint density at radius 1 is 1.27 bits per heavy atom. The molecule has 1 aromatic rings. The molecule has 0 spiro atoms. The number of hydrogen-bond donors (Lipinski definition) is 1. The number of rotatable bonds is 4. The molecule has 164 valence electrons. The zero-order chi connectivity index (χ0) is 20.8. The third-order valence-electron chi connectivity index (χ3n) is 5.68. The van der Waals surface area contributed by atoms with Crippen molar-refractivity contribution in [3.63, 3.8) is 0 Å². The number of nitrogens with zero attached hydrogens (tertiary/aromatic N) is 5. The van der Waals surface area contributed by atoms with Crippen LogP contribution in [0.1, 0.15) is 31.9 Å². The average molecular weight is 445 g/mol. The number of carbonyl (C=O) groups excluding carboxylic acids is 1. The van der Waals surface area contributed by atoms with Crippen LogP contribution < -0.4 is 5.32 Å². The zero-order valence-electron chi connectivity index (χ0n) is 16.7. The number of urea groups is 1. The van der Waals surface area contributed by atoms with Crippen LogP contribution in [0.25, 0.3) is 17.2 Å². The Morgan fingerprint density at radius 3 is 2.70 bits per heavy atom. The van der Waals surface area contributed by atoms with E-state index in [-0.39, 0.29) is 24.2 Å². The second-order valence-corrected chi connectivity index (χ2v) is 7.40. The highest BCUT2D eigenvalue weighted by molar-refractivity contribution is 5.85. The molecule has 2 atom stereocenters. The van der Waals surface area contributed by atoms with Crippen LogP contribution in [0.5, 0.6) is 0 Å². The molecule has 1 N–H and O–H groups in total. The van der Waals surface area contributed by atoms with Crippen LogP contribution in [0.2, 0.25) is 0 Å². The second kappa shape index (κ2) is 8.33. The van der Waals surface area contributed by atoms with E-state index in [2.05, 4.69) is 25.1 Å². The zero-order valence-corrected chi connectivity index (χ0v) is 17.5. The van der Waals surface area contributed by atoms with Crippen LogP contribution in [-0.2, 0) is 6.54 Å². The van der Waals surface area contributed by atoms with Crippen LogP contribution in [0.3, 0.4) is 0 Å². The molecule has 0 aliphatic carbocycles. The molecule has 0 bridgehead atoms. The number of aryl methyl sites for hydroxylation is 1. The summed E-state index contributed by atoms with van der Waals surface area (Å²) in [4.78, 5) is 22.5. The minimum Gasteiger partial charge on any atom is -0.331 e. The first kappa shape index (κ1) is 22.2. The molecule has 3 aliphatic rings. The first-order valence-electron chi connectivity index (χ1n) is 9.73. The lowest BCUT2D eigenvalue weighted by Crippen LogP contribution is -2.42. The number of imidazole rings is 1. The van der Waals surface area contributed by atoms with Gasteiger partial charge in [0.25, 0.3) is 0 Å². The molecule has 11 heteroatoms. The van der Waals surface area contributed by atoms with Crippen molar-refractivity contribution >= 4 is 24.1 Å². The fourth-order valence-corrected chi connectivity index (χ4v) is 4.24. The predicted octanol–water partition coefficient (Wildman–Crippen LogP) is 3.77. The third kappa shape index (κ3) is 3.92. The van der Waals surface area contributed by atoms with E-state index in [0.29, 0.717) is 18.9 Å². The second-order valence-electron chi connectivity index (χ2n) is 7.40. The number of carbonyl (C=O) groups is 1. The number of likely N-dealkylation sites (tertiary alicyclic amines) is 1. The lowest BCUT2D eigenvalue weighted by Gasteiger charge is -2.18. The summed E-state index contributed by atoms with van der Waals surface area (Å²) < 4.78 is 41.6. The molecule has 1 saturated heterocycles. The summed E-state index contributed by atoms with van der Waals surface area (Å²) in [6.07, 6.45) is 1.95. The summed E-state index contributed by atoms with van der Waals surface area (Å²) in [6, 6.07) is 1.23. The molecule has 1 aromatic heterocycles. The number of amides is 2. The molecular weight excluding hydrogens is 421 g/mol. The molecule has 30 heavy (non-hydrogen) atoms. The standard InChI is InChI=1S/C19H23F3N6O.ClH/c1-3-12-8-27(18(29)25-11-19(20,21)22)9-13(12)15-10-26(4-2)16-7-24-17-14(28(15)16)5-6-23-17;/h5-7,10,12-13H,3-4,8-9,11H2,1-2H3,(H,25,29);1H/t12-,13+;/m1./s1. The fourth-order valence-electron chi connectivity index (χ4n) is 4.24. The number of fused-ring (bicyclic) bond motifs is 3. The first-order chi connectivity index (χ1) is 13.8. The molecule has 1 fully saturated rings. The Balaban J connectivity index is 0.00000256. The Labute approximate surface area is 178 Å². The van der Waals surface area contributed by atoms with Gasteiger partial charge in [0.1, 0.15) is 12.2 Å². The summed E-state index contributed by atoms with van der Waals surface area (Å²) in [5, 5.41) is 1.99. The molecule has 0 radical (unpaired) electrons. The molecule has 3 aliphatic heterocycles. The molecule has 4 rings (SSSR count). The largest absolute Gasteiger partial charge is 0.405 e. The van der Waals surface area contributed by atoms with E-state index < -0.39 is 18.8 Å². The van der Waals surface area contributed by atoms with Gasteiger partial charge in [0.15, 0.2) is 5.82 Å². The fraction of sp³-hybridized carbons (Fsp3) is 0.526. The molecule has 7 nitrogen and oxygen atoms in total. The van der Waals surface area contributed by atoms with E-state index in [1.807, 2.05) is 25.2 Å². The smallest absolute Gasteiger partial charge is 0.331 e. The van der Waals surface area contributed by atoms with Crippen molar-refractivity contribution in [2.24, 2.45) is 5.92 Å².